The van der Waals surface area contributed by atoms with E-state index < -0.39 is 5.41 Å². The zero-order valence-electron chi connectivity index (χ0n) is 11.2. The molecule has 0 bridgehead atoms. The minimum Gasteiger partial charge on any atom is -0.469 e. The number of carbonyl (C=O) groups excluding carboxylic acids is 1. The number of benzene rings is 1. The third kappa shape index (κ3) is 2.50. The number of ether oxygens (including phenoxy) is 1. The largest absolute Gasteiger partial charge is 0.469 e. The molecule has 1 aromatic carbocycles. The maximum atomic E-state index is 11.8. The van der Waals surface area contributed by atoms with E-state index in [1.165, 1.54) is 7.11 Å². The minimum atomic E-state index is -0.731. The van der Waals surface area contributed by atoms with Crippen molar-refractivity contribution in [2.45, 2.75) is 33.7 Å². The fraction of sp³-hybridized carbons (Fsp3) is 0.500. The second-order valence-electron chi connectivity index (χ2n) is 5.00. The van der Waals surface area contributed by atoms with Crippen molar-refractivity contribution >= 4 is 5.97 Å². The van der Waals surface area contributed by atoms with Crippen molar-refractivity contribution in [1.82, 2.24) is 0 Å². The number of hydrogen-bond donors (Lipinski definition) is 1. The first kappa shape index (κ1) is 13.7. The lowest BCUT2D eigenvalue weighted by atomic mass is 9.78. The topological polar surface area (TPSA) is 52.3 Å². The van der Waals surface area contributed by atoms with Crippen LogP contribution in [0.3, 0.4) is 0 Å². The summed E-state index contributed by atoms with van der Waals surface area (Å²) >= 11 is 0. The summed E-state index contributed by atoms with van der Waals surface area (Å²) in [6.07, 6.45) is 0. The molecule has 1 aromatic rings. The van der Waals surface area contributed by atoms with E-state index in [0.29, 0.717) is 0 Å². The van der Waals surface area contributed by atoms with Crippen LogP contribution in [-0.4, -0.2) is 13.1 Å². The van der Waals surface area contributed by atoms with Gasteiger partial charge in [0.1, 0.15) is 0 Å². The number of rotatable bonds is 3. The first-order chi connectivity index (χ1) is 7.82. The van der Waals surface area contributed by atoms with Gasteiger partial charge in [0.05, 0.1) is 12.5 Å². The van der Waals surface area contributed by atoms with Gasteiger partial charge in [0.2, 0.25) is 0 Å². The van der Waals surface area contributed by atoms with Crippen molar-refractivity contribution in [3.63, 3.8) is 0 Å². The molecule has 1 rings (SSSR count). The van der Waals surface area contributed by atoms with Gasteiger partial charge in [-0.25, -0.2) is 0 Å². The second-order valence-corrected chi connectivity index (χ2v) is 5.00. The molecular weight excluding hydrogens is 214 g/mol. The molecule has 0 aliphatic heterocycles. The number of aryl methyl sites for hydroxylation is 2. The molecule has 0 unspecified atom stereocenters. The molecule has 0 fully saturated rings. The van der Waals surface area contributed by atoms with Crippen LogP contribution < -0.4 is 5.73 Å². The minimum absolute atomic E-state index is 0.285. The summed E-state index contributed by atoms with van der Waals surface area (Å²) in [5.74, 6) is -0.285. The lowest BCUT2D eigenvalue weighted by Gasteiger charge is -2.31. The van der Waals surface area contributed by atoms with Gasteiger partial charge in [0, 0.05) is 6.04 Å². The third-order valence-corrected chi connectivity index (χ3v) is 3.34. The van der Waals surface area contributed by atoms with Crippen LogP contribution in [0.5, 0.6) is 0 Å². The van der Waals surface area contributed by atoms with Crippen LogP contribution in [0.2, 0.25) is 0 Å². The Morgan fingerprint density at radius 3 is 2.18 bits per heavy atom. The molecular formula is C14H21NO2. The molecule has 0 aliphatic rings. The van der Waals surface area contributed by atoms with Gasteiger partial charge in [0.25, 0.3) is 0 Å². The van der Waals surface area contributed by atoms with E-state index in [1.54, 1.807) is 0 Å². The van der Waals surface area contributed by atoms with Gasteiger partial charge in [-0.3, -0.25) is 4.79 Å². The van der Waals surface area contributed by atoms with Gasteiger partial charge in [-0.15, -0.1) is 0 Å². The summed E-state index contributed by atoms with van der Waals surface area (Å²) in [5.41, 5.74) is 8.76. The Labute approximate surface area is 103 Å². The quantitative estimate of drug-likeness (QED) is 0.819. The van der Waals surface area contributed by atoms with Gasteiger partial charge < -0.3 is 10.5 Å². The van der Waals surface area contributed by atoms with Crippen LogP contribution >= 0.6 is 0 Å². The molecule has 0 spiro atoms. The van der Waals surface area contributed by atoms with Crippen LogP contribution in [0.15, 0.2) is 18.2 Å². The number of hydrogen-bond acceptors (Lipinski definition) is 3. The first-order valence-electron chi connectivity index (χ1n) is 5.72. The van der Waals surface area contributed by atoms with E-state index >= 15 is 0 Å². The van der Waals surface area contributed by atoms with Crippen molar-refractivity contribution in [2.24, 2.45) is 11.1 Å². The maximum Gasteiger partial charge on any atom is 0.313 e. The summed E-state index contributed by atoms with van der Waals surface area (Å²) in [7, 11) is 1.39. The van der Waals surface area contributed by atoms with Crippen LogP contribution in [-0.2, 0) is 9.53 Å². The van der Waals surface area contributed by atoms with Crippen molar-refractivity contribution < 1.29 is 9.53 Å². The molecule has 94 valence electrons. The van der Waals surface area contributed by atoms with Gasteiger partial charge in [0.15, 0.2) is 0 Å². The predicted molar refractivity (Wildman–Crippen MR) is 68.6 cm³/mol. The fourth-order valence-electron chi connectivity index (χ4n) is 2.07. The highest BCUT2D eigenvalue weighted by Crippen LogP contribution is 2.35. The smallest absolute Gasteiger partial charge is 0.313 e. The molecule has 0 aromatic heterocycles. The molecule has 1 atom stereocenters. The Kier molecular flexibility index (Phi) is 3.94. The third-order valence-electron chi connectivity index (χ3n) is 3.34. The van der Waals surface area contributed by atoms with Gasteiger partial charge in [-0.05, 0) is 44.4 Å². The number of methoxy groups -OCH3 is 1. The summed E-state index contributed by atoms with van der Waals surface area (Å²) < 4.78 is 4.82. The summed E-state index contributed by atoms with van der Waals surface area (Å²) in [5, 5.41) is 0. The van der Waals surface area contributed by atoms with Crippen molar-refractivity contribution in [3.05, 3.63) is 34.9 Å². The Bertz CT molecular complexity index is 404. The monoisotopic (exact) mass is 235 g/mol. The van der Waals surface area contributed by atoms with Crippen LogP contribution in [0.25, 0.3) is 0 Å². The Balaban J connectivity index is 3.21. The molecule has 3 heteroatoms. The fourth-order valence-corrected chi connectivity index (χ4v) is 2.07. The van der Waals surface area contributed by atoms with Crippen molar-refractivity contribution in [1.29, 1.82) is 0 Å². The predicted octanol–water partition coefficient (Wildman–Crippen LogP) is 2.50. The molecule has 0 amide bonds. The van der Waals surface area contributed by atoms with Gasteiger partial charge in [-0.2, -0.15) is 0 Å². The van der Waals surface area contributed by atoms with Crippen LogP contribution in [0.4, 0.5) is 0 Å². The zero-order chi connectivity index (χ0) is 13.2. The highest BCUT2D eigenvalue weighted by molar-refractivity contribution is 5.77. The molecule has 17 heavy (non-hydrogen) atoms. The molecule has 0 saturated heterocycles. The van der Waals surface area contributed by atoms with E-state index in [2.05, 4.69) is 0 Å². The first-order valence-corrected chi connectivity index (χ1v) is 5.72. The Morgan fingerprint density at radius 2 is 1.76 bits per heavy atom. The Morgan fingerprint density at radius 1 is 1.29 bits per heavy atom. The molecule has 0 radical (unpaired) electrons. The molecule has 3 nitrogen and oxygen atoms in total. The van der Waals surface area contributed by atoms with E-state index in [-0.39, 0.29) is 12.0 Å². The zero-order valence-corrected chi connectivity index (χ0v) is 11.2. The van der Waals surface area contributed by atoms with E-state index in [1.807, 2.05) is 45.9 Å². The maximum absolute atomic E-state index is 11.8. The number of esters is 1. The van der Waals surface area contributed by atoms with Crippen LogP contribution in [0.1, 0.15) is 36.6 Å². The SMILES string of the molecule is COC(=O)C(C)(C)[C@H](N)c1c(C)cccc1C. The van der Waals surface area contributed by atoms with E-state index in [9.17, 15) is 4.79 Å². The second kappa shape index (κ2) is 4.88. The average Bonchev–Trinajstić information content (AvgIpc) is 2.27. The summed E-state index contributed by atoms with van der Waals surface area (Å²) in [6, 6.07) is 5.65. The molecule has 0 heterocycles. The van der Waals surface area contributed by atoms with Crippen molar-refractivity contribution in [3.8, 4) is 0 Å². The average molecular weight is 235 g/mol. The summed E-state index contributed by atoms with van der Waals surface area (Å²) in [4.78, 5) is 11.8. The highest BCUT2D eigenvalue weighted by atomic mass is 16.5. The summed E-state index contributed by atoms with van der Waals surface area (Å²) in [6.45, 7) is 7.65. The Hall–Kier alpha value is -1.35. The van der Waals surface area contributed by atoms with Crippen LogP contribution in [0, 0.1) is 19.3 Å². The standard InChI is InChI=1S/C14H21NO2/c1-9-7-6-8-10(2)11(9)12(15)14(3,4)13(16)17-5/h6-8,12H,15H2,1-5H3/t12-/m1/s1. The van der Waals surface area contributed by atoms with Gasteiger partial charge >= 0.3 is 5.97 Å². The molecule has 2 N–H and O–H groups in total. The van der Waals surface area contributed by atoms with E-state index in [0.717, 1.165) is 16.7 Å². The molecule has 0 saturated carbocycles. The highest BCUT2D eigenvalue weighted by Gasteiger charge is 2.37. The van der Waals surface area contributed by atoms with Gasteiger partial charge in [-0.1, -0.05) is 18.2 Å². The number of nitrogens with two attached hydrogens (primary N) is 1. The lowest BCUT2D eigenvalue weighted by Crippen LogP contribution is -2.38. The molecule has 0 aliphatic carbocycles. The normalized spacial score (nSPS) is 13.3. The number of carbonyl (C=O) groups is 1. The van der Waals surface area contributed by atoms with Crippen molar-refractivity contribution in [2.75, 3.05) is 7.11 Å². The van der Waals surface area contributed by atoms with E-state index in [4.69, 9.17) is 10.5 Å². The lowest BCUT2D eigenvalue weighted by molar-refractivity contribution is -0.152.